The van der Waals surface area contributed by atoms with Gasteiger partial charge in [-0.3, -0.25) is 4.79 Å². The second kappa shape index (κ2) is 5.09. The highest BCUT2D eigenvalue weighted by Crippen LogP contribution is 2.17. The number of H-pyrrole nitrogens is 1. The van der Waals surface area contributed by atoms with Gasteiger partial charge in [0.15, 0.2) is 0 Å². The van der Waals surface area contributed by atoms with Gasteiger partial charge < -0.3 is 15.4 Å². The van der Waals surface area contributed by atoms with Crippen molar-refractivity contribution in [2.24, 2.45) is 0 Å². The number of hydrogen-bond donors (Lipinski definition) is 3. The Morgan fingerprint density at radius 1 is 1.15 bits per heavy atom. The van der Waals surface area contributed by atoms with Crippen molar-refractivity contribution in [3.63, 3.8) is 0 Å². The van der Waals surface area contributed by atoms with Crippen LogP contribution in [0.4, 0.5) is 0 Å². The number of fused-ring (bicyclic) bond motifs is 1. The Morgan fingerprint density at radius 2 is 2.00 bits per heavy atom. The third-order valence-electron chi connectivity index (χ3n) is 3.20. The number of amides is 1. The van der Waals surface area contributed by atoms with Gasteiger partial charge in [0.05, 0.1) is 5.56 Å². The first-order valence-electron chi connectivity index (χ1n) is 6.36. The fraction of sp³-hybridized carbons (Fsp3) is 0.0625. The maximum atomic E-state index is 12.2. The monoisotopic (exact) mass is 266 g/mol. The molecule has 0 bridgehead atoms. The molecule has 1 aromatic heterocycles. The molecule has 100 valence electrons. The number of phenolic OH excluding ortho intramolecular Hbond substituents is 1. The molecule has 1 amide bonds. The molecule has 0 aliphatic rings. The number of aromatic hydroxyl groups is 1. The van der Waals surface area contributed by atoms with E-state index in [0.29, 0.717) is 12.1 Å². The lowest BCUT2D eigenvalue weighted by molar-refractivity contribution is 0.0952. The number of benzene rings is 2. The van der Waals surface area contributed by atoms with E-state index in [1.807, 2.05) is 30.3 Å². The predicted molar refractivity (Wildman–Crippen MR) is 77.6 cm³/mol. The van der Waals surface area contributed by atoms with E-state index in [0.717, 1.165) is 16.5 Å². The fourth-order valence-electron chi connectivity index (χ4n) is 2.20. The highest BCUT2D eigenvalue weighted by Gasteiger charge is 2.11. The number of nitrogens with one attached hydrogen (secondary N) is 2. The maximum Gasteiger partial charge on any atom is 0.253 e. The van der Waals surface area contributed by atoms with E-state index in [9.17, 15) is 9.90 Å². The van der Waals surface area contributed by atoms with Crippen molar-refractivity contribution >= 4 is 16.8 Å². The zero-order chi connectivity index (χ0) is 13.9. The minimum Gasteiger partial charge on any atom is -0.508 e. The SMILES string of the molecule is O=C(NCc1cccc(O)c1)c1c[nH]c2ccccc12. The first-order chi connectivity index (χ1) is 9.74. The standard InChI is InChI=1S/C16H14N2O2/c19-12-5-3-4-11(8-12)9-18-16(20)14-10-17-15-7-2-1-6-13(14)15/h1-8,10,17,19H,9H2,(H,18,20). The summed E-state index contributed by atoms with van der Waals surface area (Å²) in [6, 6.07) is 14.5. The molecule has 0 saturated carbocycles. The summed E-state index contributed by atoms with van der Waals surface area (Å²) in [6.07, 6.45) is 1.71. The van der Waals surface area contributed by atoms with Gasteiger partial charge in [0.2, 0.25) is 0 Å². The van der Waals surface area contributed by atoms with E-state index >= 15 is 0 Å². The molecular formula is C16H14N2O2. The molecule has 20 heavy (non-hydrogen) atoms. The van der Waals surface area contributed by atoms with E-state index in [2.05, 4.69) is 10.3 Å². The summed E-state index contributed by atoms with van der Waals surface area (Å²) in [5.74, 6) is 0.0645. The van der Waals surface area contributed by atoms with E-state index in [1.165, 1.54) is 0 Å². The molecular weight excluding hydrogens is 252 g/mol. The lowest BCUT2D eigenvalue weighted by atomic mass is 10.1. The third-order valence-corrected chi connectivity index (χ3v) is 3.20. The van der Waals surface area contributed by atoms with Gasteiger partial charge >= 0.3 is 0 Å². The van der Waals surface area contributed by atoms with Crippen LogP contribution in [0.5, 0.6) is 5.75 Å². The summed E-state index contributed by atoms with van der Waals surface area (Å²) in [5, 5.41) is 13.1. The van der Waals surface area contributed by atoms with Crippen LogP contribution >= 0.6 is 0 Å². The van der Waals surface area contributed by atoms with Crippen LogP contribution in [0, 0.1) is 0 Å². The first kappa shape index (κ1) is 12.3. The van der Waals surface area contributed by atoms with Gasteiger partial charge in [0.1, 0.15) is 5.75 Å². The van der Waals surface area contributed by atoms with Gasteiger partial charge in [-0.2, -0.15) is 0 Å². The Balaban J connectivity index is 1.76. The normalized spacial score (nSPS) is 10.6. The van der Waals surface area contributed by atoms with Crippen LogP contribution < -0.4 is 5.32 Å². The van der Waals surface area contributed by atoms with Crippen LogP contribution in [-0.2, 0) is 6.54 Å². The van der Waals surface area contributed by atoms with Crippen molar-refractivity contribution in [1.82, 2.24) is 10.3 Å². The molecule has 0 saturated heterocycles. The predicted octanol–water partition coefficient (Wildman–Crippen LogP) is 2.80. The molecule has 3 rings (SSSR count). The molecule has 0 unspecified atom stereocenters. The van der Waals surface area contributed by atoms with Crippen LogP contribution in [0.1, 0.15) is 15.9 Å². The Kier molecular flexibility index (Phi) is 3.13. The number of hydrogen-bond acceptors (Lipinski definition) is 2. The quantitative estimate of drug-likeness (QED) is 0.682. The molecule has 0 fully saturated rings. The smallest absolute Gasteiger partial charge is 0.253 e. The summed E-state index contributed by atoms with van der Waals surface area (Å²) in [6.45, 7) is 0.382. The zero-order valence-corrected chi connectivity index (χ0v) is 10.8. The van der Waals surface area contributed by atoms with Crippen LogP contribution in [0.3, 0.4) is 0 Å². The Morgan fingerprint density at radius 3 is 2.85 bits per heavy atom. The highest BCUT2D eigenvalue weighted by atomic mass is 16.3. The van der Waals surface area contributed by atoms with Gasteiger partial charge in [-0.1, -0.05) is 30.3 Å². The second-order valence-electron chi connectivity index (χ2n) is 4.60. The molecule has 4 nitrogen and oxygen atoms in total. The minimum atomic E-state index is -0.134. The average molecular weight is 266 g/mol. The van der Waals surface area contributed by atoms with Gasteiger partial charge in [-0.25, -0.2) is 0 Å². The minimum absolute atomic E-state index is 0.134. The summed E-state index contributed by atoms with van der Waals surface area (Å²) in [5.41, 5.74) is 2.42. The van der Waals surface area contributed by atoms with Gasteiger partial charge in [0.25, 0.3) is 5.91 Å². The Hall–Kier alpha value is -2.75. The van der Waals surface area contributed by atoms with Crippen LogP contribution in [0.15, 0.2) is 54.7 Å². The molecule has 0 aliphatic heterocycles. The van der Waals surface area contributed by atoms with Crippen LogP contribution in [0.2, 0.25) is 0 Å². The molecule has 0 spiro atoms. The lowest BCUT2D eigenvalue weighted by Crippen LogP contribution is -2.22. The number of aromatic nitrogens is 1. The first-order valence-corrected chi connectivity index (χ1v) is 6.36. The van der Waals surface area contributed by atoms with Crippen molar-refractivity contribution in [2.75, 3.05) is 0 Å². The van der Waals surface area contributed by atoms with Gasteiger partial charge in [-0.15, -0.1) is 0 Å². The lowest BCUT2D eigenvalue weighted by Gasteiger charge is -2.05. The van der Waals surface area contributed by atoms with Crippen LogP contribution in [0.25, 0.3) is 10.9 Å². The summed E-state index contributed by atoms with van der Waals surface area (Å²) < 4.78 is 0. The van der Waals surface area contributed by atoms with Crippen molar-refractivity contribution in [2.45, 2.75) is 6.54 Å². The van der Waals surface area contributed by atoms with Crippen molar-refractivity contribution in [3.8, 4) is 5.75 Å². The van der Waals surface area contributed by atoms with E-state index in [4.69, 9.17) is 0 Å². The van der Waals surface area contributed by atoms with E-state index in [1.54, 1.807) is 24.4 Å². The van der Waals surface area contributed by atoms with Crippen LogP contribution in [-0.4, -0.2) is 16.0 Å². The molecule has 4 heteroatoms. The molecule has 0 radical (unpaired) electrons. The number of para-hydroxylation sites is 1. The second-order valence-corrected chi connectivity index (χ2v) is 4.60. The molecule has 1 heterocycles. The number of phenols is 1. The number of rotatable bonds is 3. The Labute approximate surface area is 116 Å². The molecule has 0 aliphatic carbocycles. The highest BCUT2D eigenvalue weighted by molar-refractivity contribution is 6.06. The van der Waals surface area contributed by atoms with Crippen molar-refractivity contribution in [1.29, 1.82) is 0 Å². The summed E-state index contributed by atoms with van der Waals surface area (Å²) >= 11 is 0. The number of aromatic amines is 1. The summed E-state index contributed by atoms with van der Waals surface area (Å²) in [4.78, 5) is 15.3. The maximum absolute atomic E-state index is 12.2. The van der Waals surface area contributed by atoms with Crippen molar-refractivity contribution < 1.29 is 9.90 Å². The average Bonchev–Trinajstić information content (AvgIpc) is 2.89. The largest absolute Gasteiger partial charge is 0.508 e. The molecule has 2 aromatic carbocycles. The Bertz CT molecular complexity index is 762. The number of carbonyl (C=O) groups is 1. The van der Waals surface area contributed by atoms with Gasteiger partial charge in [-0.05, 0) is 23.8 Å². The van der Waals surface area contributed by atoms with E-state index in [-0.39, 0.29) is 11.7 Å². The molecule has 0 atom stereocenters. The topological polar surface area (TPSA) is 65.1 Å². The fourth-order valence-corrected chi connectivity index (χ4v) is 2.20. The van der Waals surface area contributed by atoms with E-state index < -0.39 is 0 Å². The number of carbonyl (C=O) groups excluding carboxylic acids is 1. The summed E-state index contributed by atoms with van der Waals surface area (Å²) in [7, 11) is 0. The van der Waals surface area contributed by atoms with Crippen molar-refractivity contribution in [3.05, 3.63) is 65.9 Å². The third kappa shape index (κ3) is 2.36. The molecule has 3 aromatic rings. The molecule has 3 N–H and O–H groups in total. The van der Waals surface area contributed by atoms with Gasteiger partial charge in [0, 0.05) is 23.6 Å². The zero-order valence-electron chi connectivity index (χ0n) is 10.8.